The molecule has 2 aromatic rings. The third kappa shape index (κ3) is 4.26. The van der Waals surface area contributed by atoms with Gasteiger partial charge in [0.1, 0.15) is 0 Å². The van der Waals surface area contributed by atoms with E-state index in [2.05, 4.69) is 41.0 Å². The Morgan fingerprint density at radius 3 is 2.57 bits per heavy atom. The van der Waals surface area contributed by atoms with Crippen LogP contribution in [0.5, 0.6) is 5.88 Å². The standard InChI is InChI=1S/C17H23N3O/c1-4-16(15-8-6-7-11-18-15)20(3)13-14-9-10-17(19-12-14)21-5-2/h6-12,16H,4-5,13H2,1-3H3/t16-/m0/s1. The van der Waals surface area contributed by atoms with E-state index >= 15 is 0 Å². The second-order valence-electron chi connectivity index (χ2n) is 5.03. The highest BCUT2D eigenvalue weighted by atomic mass is 16.5. The molecular weight excluding hydrogens is 262 g/mol. The van der Waals surface area contributed by atoms with E-state index in [1.165, 1.54) is 5.56 Å². The van der Waals surface area contributed by atoms with Crippen LogP contribution in [-0.2, 0) is 6.54 Å². The molecule has 0 aliphatic rings. The van der Waals surface area contributed by atoms with E-state index in [1.807, 2.05) is 37.5 Å². The van der Waals surface area contributed by atoms with Crippen molar-refractivity contribution in [3.63, 3.8) is 0 Å². The van der Waals surface area contributed by atoms with Gasteiger partial charge in [0, 0.05) is 25.0 Å². The molecule has 0 saturated carbocycles. The van der Waals surface area contributed by atoms with Gasteiger partial charge in [-0.05, 0) is 38.1 Å². The van der Waals surface area contributed by atoms with Gasteiger partial charge in [-0.2, -0.15) is 0 Å². The summed E-state index contributed by atoms with van der Waals surface area (Å²) in [5, 5.41) is 0. The Labute approximate surface area is 126 Å². The van der Waals surface area contributed by atoms with Gasteiger partial charge in [-0.25, -0.2) is 4.98 Å². The lowest BCUT2D eigenvalue weighted by Gasteiger charge is -2.26. The molecule has 0 aliphatic carbocycles. The summed E-state index contributed by atoms with van der Waals surface area (Å²) >= 11 is 0. The molecule has 112 valence electrons. The molecule has 0 spiro atoms. The summed E-state index contributed by atoms with van der Waals surface area (Å²) in [4.78, 5) is 11.1. The van der Waals surface area contributed by atoms with Gasteiger partial charge in [0.05, 0.1) is 18.3 Å². The van der Waals surface area contributed by atoms with E-state index < -0.39 is 0 Å². The number of nitrogens with zero attached hydrogens (tertiary/aromatic N) is 3. The Morgan fingerprint density at radius 1 is 1.14 bits per heavy atom. The van der Waals surface area contributed by atoms with Crippen LogP contribution in [0.2, 0.25) is 0 Å². The Hall–Kier alpha value is -1.94. The van der Waals surface area contributed by atoms with Gasteiger partial charge >= 0.3 is 0 Å². The zero-order valence-corrected chi connectivity index (χ0v) is 13.0. The average molecular weight is 285 g/mol. The van der Waals surface area contributed by atoms with E-state index in [0.29, 0.717) is 18.5 Å². The first-order valence-corrected chi connectivity index (χ1v) is 7.43. The fourth-order valence-corrected chi connectivity index (χ4v) is 2.46. The van der Waals surface area contributed by atoms with Gasteiger partial charge in [0.25, 0.3) is 0 Å². The van der Waals surface area contributed by atoms with Gasteiger partial charge < -0.3 is 4.74 Å². The van der Waals surface area contributed by atoms with Crippen LogP contribution in [0.15, 0.2) is 42.7 Å². The van der Waals surface area contributed by atoms with Crippen molar-refractivity contribution in [1.29, 1.82) is 0 Å². The minimum Gasteiger partial charge on any atom is -0.478 e. The molecule has 0 bridgehead atoms. The van der Waals surface area contributed by atoms with Crippen LogP contribution in [-0.4, -0.2) is 28.5 Å². The molecule has 1 atom stereocenters. The normalized spacial score (nSPS) is 12.4. The summed E-state index contributed by atoms with van der Waals surface area (Å²) in [5.41, 5.74) is 2.29. The third-order valence-corrected chi connectivity index (χ3v) is 3.47. The lowest BCUT2D eigenvalue weighted by atomic mass is 10.1. The molecule has 2 aromatic heterocycles. The summed E-state index contributed by atoms with van der Waals surface area (Å²) in [6.45, 7) is 5.63. The minimum absolute atomic E-state index is 0.317. The highest BCUT2D eigenvalue weighted by Crippen LogP contribution is 2.22. The topological polar surface area (TPSA) is 38.2 Å². The quantitative estimate of drug-likeness (QED) is 0.781. The first-order valence-electron chi connectivity index (χ1n) is 7.43. The molecule has 0 aromatic carbocycles. The van der Waals surface area contributed by atoms with Gasteiger partial charge in [0.15, 0.2) is 0 Å². The van der Waals surface area contributed by atoms with Gasteiger partial charge in [0.2, 0.25) is 5.88 Å². The number of hydrogen-bond donors (Lipinski definition) is 0. The van der Waals surface area contributed by atoms with Crippen LogP contribution in [0.4, 0.5) is 0 Å². The molecule has 0 aliphatic heterocycles. The lowest BCUT2D eigenvalue weighted by Crippen LogP contribution is -2.24. The highest BCUT2D eigenvalue weighted by molar-refractivity contribution is 5.18. The molecule has 0 unspecified atom stereocenters. The predicted octanol–water partition coefficient (Wildman–Crippen LogP) is 3.46. The average Bonchev–Trinajstić information content (AvgIpc) is 2.51. The molecule has 0 amide bonds. The monoisotopic (exact) mass is 285 g/mol. The second kappa shape index (κ2) is 7.74. The van der Waals surface area contributed by atoms with Crippen molar-refractivity contribution in [2.45, 2.75) is 32.9 Å². The molecule has 0 N–H and O–H groups in total. The zero-order chi connectivity index (χ0) is 15.1. The number of pyridine rings is 2. The van der Waals surface area contributed by atoms with Crippen LogP contribution >= 0.6 is 0 Å². The maximum Gasteiger partial charge on any atom is 0.213 e. The number of ether oxygens (including phenoxy) is 1. The SMILES string of the molecule is CCOc1ccc(CN(C)[C@@H](CC)c2ccccn2)cn1. The van der Waals surface area contributed by atoms with E-state index in [9.17, 15) is 0 Å². The van der Waals surface area contributed by atoms with Crippen LogP contribution in [0.1, 0.15) is 37.6 Å². The van der Waals surface area contributed by atoms with Crippen molar-refractivity contribution in [2.24, 2.45) is 0 Å². The maximum absolute atomic E-state index is 5.37. The Kier molecular flexibility index (Phi) is 5.69. The Bertz CT molecular complexity index is 527. The Morgan fingerprint density at radius 2 is 2.00 bits per heavy atom. The van der Waals surface area contributed by atoms with Crippen molar-refractivity contribution in [1.82, 2.24) is 14.9 Å². The fraction of sp³-hybridized carbons (Fsp3) is 0.412. The number of aromatic nitrogens is 2. The highest BCUT2D eigenvalue weighted by Gasteiger charge is 2.16. The second-order valence-corrected chi connectivity index (χ2v) is 5.03. The summed E-state index contributed by atoms with van der Waals surface area (Å²) < 4.78 is 5.37. The fourth-order valence-electron chi connectivity index (χ4n) is 2.46. The van der Waals surface area contributed by atoms with Gasteiger partial charge in [-0.1, -0.05) is 19.1 Å². The molecule has 2 heterocycles. The smallest absolute Gasteiger partial charge is 0.213 e. The maximum atomic E-state index is 5.37. The third-order valence-electron chi connectivity index (χ3n) is 3.47. The molecular formula is C17H23N3O. The zero-order valence-electron chi connectivity index (χ0n) is 13.0. The summed E-state index contributed by atoms with van der Waals surface area (Å²) in [6.07, 6.45) is 4.76. The van der Waals surface area contributed by atoms with Gasteiger partial charge in [-0.3, -0.25) is 9.88 Å². The minimum atomic E-state index is 0.317. The van der Waals surface area contributed by atoms with Crippen molar-refractivity contribution in [3.05, 3.63) is 54.0 Å². The van der Waals surface area contributed by atoms with Crippen molar-refractivity contribution >= 4 is 0 Å². The summed E-state index contributed by atoms with van der Waals surface area (Å²) in [6, 6.07) is 10.4. The van der Waals surface area contributed by atoms with Crippen molar-refractivity contribution in [2.75, 3.05) is 13.7 Å². The molecule has 4 heteroatoms. The van der Waals surface area contributed by atoms with E-state index in [0.717, 1.165) is 18.7 Å². The van der Waals surface area contributed by atoms with Gasteiger partial charge in [-0.15, -0.1) is 0 Å². The predicted molar refractivity (Wildman–Crippen MR) is 84.1 cm³/mol. The number of hydrogen-bond acceptors (Lipinski definition) is 4. The molecule has 0 fully saturated rings. The summed E-state index contributed by atoms with van der Waals surface area (Å²) in [5.74, 6) is 0.681. The Balaban J connectivity index is 2.03. The molecule has 0 saturated heterocycles. The molecule has 2 rings (SSSR count). The first-order chi connectivity index (χ1) is 10.2. The lowest BCUT2D eigenvalue weighted by molar-refractivity contribution is 0.225. The van der Waals surface area contributed by atoms with Crippen LogP contribution < -0.4 is 4.74 Å². The first kappa shape index (κ1) is 15.4. The van der Waals surface area contributed by atoms with E-state index in [1.54, 1.807) is 0 Å². The molecule has 0 radical (unpaired) electrons. The number of rotatable bonds is 7. The van der Waals surface area contributed by atoms with Crippen molar-refractivity contribution in [3.8, 4) is 5.88 Å². The van der Waals surface area contributed by atoms with E-state index in [-0.39, 0.29) is 0 Å². The largest absolute Gasteiger partial charge is 0.478 e. The molecule has 21 heavy (non-hydrogen) atoms. The molecule has 4 nitrogen and oxygen atoms in total. The van der Waals surface area contributed by atoms with Crippen LogP contribution in [0.3, 0.4) is 0 Å². The van der Waals surface area contributed by atoms with Crippen LogP contribution in [0, 0.1) is 0 Å². The van der Waals surface area contributed by atoms with Crippen molar-refractivity contribution < 1.29 is 4.74 Å². The van der Waals surface area contributed by atoms with Crippen LogP contribution in [0.25, 0.3) is 0 Å². The summed E-state index contributed by atoms with van der Waals surface area (Å²) in [7, 11) is 2.12. The van der Waals surface area contributed by atoms with E-state index in [4.69, 9.17) is 4.74 Å².